The number of carbonyl (C=O) groups excluding carboxylic acids is 1. The highest BCUT2D eigenvalue weighted by Crippen LogP contribution is 2.10. The standard InChI is InChI=1S/C14H29N3O2/c1-5-19-12(2)10-15-13-6-8-17(9-7-13)11-14(18)16(3)4/h12-13,15H,5-11H2,1-4H3. The van der Waals surface area contributed by atoms with Gasteiger partial charge in [-0.25, -0.2) is 0 Å². The van der Waals surface area contributed by atoms with Crippen LogP contribution in [0.5, 0.6) is 0 Å². The van der Waals surface area contributed by atoms with Crippen molar-refractivity contribution in [3.05, 3.63) is 0 Å². The summed E-state index contributed by atoms with van der Waals surface area (Å²) in [4.78, 5) is 15.5. The van der Waals surface area contributed by atoms with Crippen LogP contribution in [0.25, 0.3) is 0 Å². The molecule has 5 heteroatoms. The molecule has 1 heterocycles. The first kappa shape index (κ1) is 16.4. The third kappa shape index (κ3) is 6.36. The van der Waals surface area contributed by atoms with E-state index in [1.165, 1.54) is 0 Å². The van der Waals surface area contributed by atoms with E-state index in [1.807, 2.05) is 21.0 Å². The molecule has 1 unspecified atom stereocenters. The molecule has 0 spiro atoms. The molecule has 112 valence electrons. The van der Waals surface area contributed by atoms with E-state index in [1.54, 1.807) is 4.90 Å². The number of piperidine rings is 1. The van der Waals surface area contributed by atoms with Gasteiger partial charge in [0.2, 0.25) is 5.91 Å². The molecule has 1 atom stereocenters. The first-order valence-electron chi connectivity index (χ1n) is 7.30. The van der Waals surface area contributed by atoms with Crippen LogP contribution in [0, 0.1) is 0 Å². The zero-order valence-electron chi connectivity index (χ0n) is 12.8. The molecule has 1 rings (SSSR count). The average molecular weight is 271 g/mol. The predicted molar refractivity (Wildman–Crippen MR) is 77.2 cm³/mol. The van der Waals surface area contributed by atoms with Crippen molar-refractivity contribution in [1.29, 1.82) is 0 Å². The second kappa shape index (κ2) is 8.51. The fourth-order valence-corrected chi connectivity index (χ4v) is 2.30. The number of likely N-dealkylation sites (N-methyl/N-ethyl adjacent to an activating group) is 1. The SMILES string of the molecule is CCOC(C)CNC1CCN(CC(=O)N(C)C)CC1. The van der Waals surface area contributed by atoms with Gasteiger partial charge in [0.1, 0.15) is 0 Å². The van der Waals surface area contributed by atoms with E-state index in [4.69, 9.17) is 4.74 Å². The van der Waals surface area contributed by atoms with Crippen molar-refractivity contribution in [2.45, 2.75) is 38.8 Å². The highest BCUT2D eigenvalue weighted by atomic mass is 16.5. The molecule has 1 N–H and O–H groups in total. The average Bonchev–Trinajstić information content (AvgIpc) is 2.38. The van der Waals surface area contributed by atoms with Gasteiger partial charge in [0.15, 0.2) is 0 Å². The summed E-state index contributed by atoms with van der Waals surface area (Å²) in [6.45, 7) is 8.36. The number of likely N-dealkylation sites (tertiary alicyclic amines) is 1. The lowest BCUT2D eigenvalue weighted by Gasteiger charge is -2.33. The molecule has 0 aromatic heterocycles. The minimum Gasteiger partial charge on any atom is -0.377 e. The van der Waals surface area contributed by atoms with Gasteiger partial charge < -0.3 is 15.0 Å². The van der Waals surface area contributed by atoms with Crippen LogP contribution < -0.4 is 5.32 Å². The Kier molecular flexibility index (Phi) is 7.34. The van der Waals surface area contributed by atoms with Crippen molar-refractivity contribution >= 4 is 5.91 Å². The van der Waals surface area contributed by atoms with Crippen molar-refractivity contribution in [2.24, 2.45) is 0 Å². The summed E-state index contributed by atoms with van der Waals surface area (Å²) in [5, 5.41) is 3.56. The van der Waals surface area contributed by atoms with Crippen LogP contribution in [-0.4, -0.2) is 74.7 Å². The Morgan fingerprint density at radius 1 is 1.42 bits per heavy atom. The molecular weight excluding hydrogens is 242 g/mol. The third-order valence-electron chi connectivity index (χ3n) is 3.59. The Bertz CT molecular complexity index is 263. The molecule has 0 radical (unpaired) electrons. The van der Waals surface area contributed by atoms with Gasteiger partial charge in [-0.2, -0.15) is 0 Å². The Morgan fingerprint density at radius 3 is 2.58 bits per heavy atom. The van der Waals surface area contributed by atoms with Gasteiger partial charge in [-0.3, -0.25) is 9.69 Å². The number of nitrogens with one attached hydrogen (secondary N) is 1. The van der Waals surface area contributed by atoms with Crippen LogP contribution in [0.1, 0.15) is 26.7 Å². The van der Waals surface area contributed by atoms with Crippen LogP contribution in [0.2, 0.25) is 0 Å². The highest BCUT2D eigenvalue weighted by molar-refractivity contribution is 5.77. The molecular formula is C14H29N3O2. The first-order chi connectivity index (χ1) is 9.02. The minimum atomic E-state index is 0.191. The number of carbonyl (C=O) groups is 1. The smallest absolute Gasteiger partial charge is 0.236 e. The van der Waals surface area contributed by atoms with Gasteiger partial charge in [-0.05, 0) is 26.7 Å². The molecule has 0 aliphatic carbocycles. The highest BCUT2D eigenvalue weighted by Gasteiger charge is 2.21. The molecule has 5 nitrogen and oxygen atoms in total. The molecule has 0 aromatic rings. The van der Waals surface area contributed by atoms with E-state index in [9.17, 15) is 4.79 Å². The largest absolute Gasteiger partial charge is 0.377 e. The number of hydrogen-bond donors (Lipinski definition) is 1. The van der Waals surface area contributed by atoms with Gasteiger partial charge in [0, 0.05) is 46.4 Å². The molecule has 19 heavy (non-hydrogen) atoms. The van der Waals surface area contributed by atoms with Gasteiger partial charge >= 0.3 is 0 Å². The fourth-order valence-electron chi connectivity index (χ4n) is 2.30. The number of nitrogens with zero attached hydrogens (tertiary/aromatic N) is 2. The molecule has 1 amide bonds. The number of amides is 1. The van der Waals surface area contributed by atoms with Crippen LogP contribution >= 0.6 is 0 Å². The Hall–Kier alpha value is -0.650. The summed E-state index contributed by atoms with van der Waals surface area (Å²) in [6.07, 6.45) is 2.50. The third-order valence-corrected chi connectivity index (χ3v) is 3.59. The lowest BCUT2D eigenvalue weighted by Crippen LogP contribution is -2.47. The van der Waals surface area contributed by atoms with E-state index in [0.717, 1.165) is 39.1 Å². The van der Waals surface area contributed by atoms with Crippen molar-refractivity contribution in [1.82, 2.24) is 15.1 Å². The number of rotatable bonds is 7. The Morgan fingerprint density at radius 2 is 2.05 bits per heavy atom. The number of hydrogen-bond acceptors (Lipinski definition) is 4. The van der Waals surface area contributed by atoms with E-state index in [2.05, 4.69) is 17.1 Å². The minimum absolute atomic E-state index is 0.191. The van der Waals surface area contributed by atoms with Crippen LogP contribution in [-0.2, 0) is 9.53 Å². The van der Waals surface area contributed by atoms with E-state index in [-0.39, 0.29) is 12.0 Å². The molecule has 1 saturated heterocycles. The van der Waals surface area contributed by atoms with Gasteiger partial charge in [-0.1, -0.05) is 0 Å². The second-order valence-corrected chi connectivity index (χ2v) is 5.51. The maximum Gasteiger partial charge on any atom is 0.236 e. The predicted octanol–water partition coefficient (Wildman–Crippen LogP) is 0.554. The summed E-state index contributed by atoms with van der Waals surface area (Å²) in [6, 6.07) is 0.564. The Labute approximate surface area is 117 Å². The summed E-state index contributed by atoms with van der Waals surface area (Å²) in [7, 11) is 3.62. The van der Waals surface area contributed by atoms with E-state index in [0.29, 0.717) is 12.6 Å². The molecule has 0 aromatic carbocycles. The van der Waals surface area contributed by atoms with Gasteiger partial charge in [-0.15, -0.1) is 0 Å². The molecule has 1 fully saturated rings. The van der Waals surface area contributed by atoms with Crippen LogP contribution in [0.3, 0.4) is 0 Å². The normalized spacial score (nSPS) is 19.4. The topological polar surface area (TPSA) is 44.8 Å². The number of ether oxygens (including phenoxy) is 1. The summed E-state index contributed by atoms with van der Waals surface area (Å²) >= 11 is 0. The van der Waals surface area contributed by atoms with E-state index >= 15 is 0 Å². The van der Waals surface area contributed by atoms with E-state index < -0.39 is 0 Å². The zero-order chi connectivity index (χ0) is 14.3. The molecule has 1 aliphatic rings. The maximum atomic E-state index is 11.6. The fraction of sp³-hybridized carbons (Fsp3) is 0.929. The second-order valence-electron chi connectivity index (χ2n) is 5.51. The van der Waals surface area contributed by atoms with Crippen LogP contribution in [0.4, 0.5) is 0 Å². The van der Waals surface area contributed by atoms with Crippen molar-refractivity contribution in [2.75, 3.05) is 46.9 Å². The maximum absolute atomic E-state index is 11.6. The summed E-state index contributed by atoms with van der Waals surface area (Å²) < 4.78 is 5.51. The molecule has 1 aliphatic heterocycles. The summed E-state index contributed by atoms with van der Waals surface area (Å²) in [5.74, 6) is 0.191. The van der Waals surface area contributed by atoms with Crippen molar-refractivity contribution in [3.8, 4) is 0 Å². The summed E-state index contributed by atoms with van der Waals surface area (Å²) in [5.41, 5.74) is 0. The zero-order valence-corrected chi connectivity index (χ0v) is 12.8. The van der Waals surface area contributed by atoms with Gasteiger partial charge in [0.05, 0.1) is 12.6 Å². The monoisotopic (exact) mass is 271 g/mol. The Balaban J connectivity index is 2.16. The lowest BCUT2D eigenvalue weighted by molar-refractivity contribution is -0.130. The van der Waals surface area contributed by atoms with Crippen molar-refractivity contribution < 1.29 is 9.53 Å². The molecule has 0 bridgehead atoms. The first-order valence-corrected chi connectivity index (χ1v) is 7.30. The quantitative estimate of drug-likeness (QED) is 0.735. The molecule has 0 saturated carbocycles. The lowest BCUT2D eigenvalue weighted by atomic mass is 10.0. The van der Waals surface area contributed by atoms with Crippen LogP contribution in [0.15, 0.2) is 0 Å². The van der Waals surface area contributed by atoms with Gasteiger partial charge in [0.25, 0.3) is 0 Å². The van der Waals surface area contributed by atoms with Crippen molar-refractivity contribution in [3.63, 3.8) is 0 Å².